The van der Waals surface area contributed by atoms with Crippen LogP contribution >= 0.6 is 11.3 Å². The van der Waals surface area contributed by atoms with Gasteiger partial charge in [0.2, 0.25) is 0 Å². The van der Waals surface area contributed by atoms with Gasteiger partial charge < -0.3 is 18.9 Å². The topological polar surface area (TPSA) is 88.4 Å². The Kier molecular flexibility index (Phi) is 8.91. The number of nitrogens with zero attached hydrogens (tertiary/aromatic N) is 2. The number of ether oxygens (including phenoxy) is 4. The van der Waals surface area contributed by atoms with Crippen molar-refractivity contribution in [3.63, 3.8) is 0 Å². The van der Waals surface area contributed by atoms with Gasteiger partial charge in [0.25, 0.3) is 5.56 Å². The van der Waals surface area contributed by atoms with Gasteiger partial charge in [0, 0.05) is 5.56 Å². The molecule has 1 aliphatic rings. The highest BCUT2D eigenvalue weighted by Gasteiger charge is 2.37. The summed E-state index contributed by atoms with van der Waals surface area (Å²) in [6.07, 6.45) is 2.83. The van der Waals surface area contributed by atoms with Gasteiger partial charge in [-0.05, 0) is 54.0 Å². The van der Waals surface area contributed by atoms with Crippen LogP contribution in [0.25, 0.3) is 16.8 Å². The molecule has 1 aliphatic heterocycles. The lowest BCUT2D eigenvalue weighted by Crippen LogP contribution is -2.40. The van der Waals surface area contributed by atoms with Gasteiger partial charge in [0.05, 0.1) is 36.6 Å². The fourth-order valence-corrected chi connectivity index (χ4v) is 6.27. The first-order valence-corrected chi connectivity index (χ1v) is 14.5. The molecule has 0 saturated carbocycles. The summed E-state index contributed by atoms with van der Waals surface area (Å²) in [5.41, 5.74) is 1.63. The maximum Gasteiger partial charge on any atom is 0.387 e. The first-order chi connectivity index (χ1) is 20.8. The minimum Gasteiger partial charge on any atom is -0.496 e. The number of fused-ring (bicyclic) bond motifs is 2. The monoisotopic (exact) mass is 608 g/mol. The summed E-state index contributed by atoms with van der Waals surface area (Å²) in [7, 11) is 2.89. The van der Waals surface area contributed by atoms with Crippen molar-refractivity contribution in [3.05, 3.63) is 96.7 Å². The molecule has 3 aromatic carbocycles. The van der Waals surface area contributed by atoms with Gasteiger partial charge in [-0.3, -0.25) is 9.36 Å². The normalized spacial score (nSPS) is 15.0. The van der Waals surface area contributed by atoms with E-state index in [9.17, 15) is 18.4 Å². The van der Waals surface area contributed by atoms with E-state index in [0.717, 1.165) is 10.8 Å². The molecule has 0 amide bonds. The number of alkyl halides is 2. The molecule has 1 aromatic heterocycles. The summed E-state index contributed by atoms with van der Waals surface area (Å²) < 4.78 is 48.6. The second-order valence-corrected chi connectivity index (χ2v) is 10.6. The minimum atomic E-state index is -3.01. The molecule has 2 heterocycles. The minimum absolute atomic E-state index is 0.0926. The summed E-state index contributed by atoms with van der Waals surface area (Å²) >= 11 is 1.17. The molecule has 0 N–H and O–H groups in total. The summed E-state index contributed by atoms with van der Waals surface area (Å²) in [5.74, 6) is -0.0713. The molecule has 11 heteroatoms. The van der Waals surface area contributed by atoms with Gasteiger partial charge in [0.15, 0.2) is 16.3 Å². The fourth-order valence-electron chi connectivity index (χ4n) is 5.25. The highest BCUT2D eigenvalue weighted by Crippen LogP contribution is 2.41. The first kappa shape index (κ1) is 30.0. The predicted octanol–water partition coefficient (Wildman–Crippen LogP) is 5.35. The van der Waals surface area contributed by atoms with Crippen LogP contribution in [0.1, 0.15) is 43.9 Å². The molecule has 8 nitrogen and oxygen atoms in total. The summed E-state index contributed by atoms with van der Waals surface area (Å²) in [4.78, 5) is 33.0. The van der Waals surface area contributed by atoms with Crippen LogP contribution in [0.4, 0.5) is 8.78 Å². The standard InChI is InChI=1S/C32H30F2N2O6S/c1-5-9-21-27(30(38)41-6-2)28(26-20-11-8-7-10-19(20)13-15-23(26)39-3)36-29(37)25(43-32(36)35-21)17-18-12-14-22(42-31(33)34)24(16-18)40-4/h7-8,10-17,28,31H,5-6,9H2,1-4H3/b25-17+/t28-/m0/s1. The number of hydrogen-bond donors (Lipinski definition) is 0. The van der Waals surface area contributed by atoms with Gasteiger partial charge in [-0.2, -0.15) is 8.78 Å². The summed E-state index contributed by atoms with van der Waals surface area (Å²) in [6.45, 7) is 0.856. The van der Waals surface area contributed by atoms with Crippen molar-refractivity contribution >= 4 is 34.2 Å². The van der Waals surface area contributed by atoms with Crippen molar-refractivity contribution in [3.8, 4) is 17.2 Å². The number of benzene rings is 3. The highest BCUT2D eigenvalue weighted by molar-refractivity contribution is 7.07. The maximum absolute atomic E-state index is 14.2. The third-order valence-corrected chi connectivity index (χ3v) is 8.00. The van der Waals surface area contributed by atoms with Crippen LogP contribution < -0.4 is 29.1 Å². The van der Waals surface area contributed by atoms with Crippen molar-refractivity contribution in [2.24, 2.45) is 4.99 Å². The van der Waals surface area contributed by atoms with Gasteiger partial charge in [-0.25, -0.2) is 9.79 Å². The van der Waals surface area contributed by atoms with E-state index in [4.69, 9.17) is 19.2 Å². The van der Waals surface area contributed by atoms with E-state index >= 15 is 0 Å². The molecule has 0 unspecified atom stereocenters. The van der Waals surface area contributed by atoms with Gasteiger partial charge in [-0.1, -0.05) is 61.1 Å². The number of thiazole rings is 1. The molecule has 0 radical (unpaired) electrons. The average molecular weight is 609 g/mol. The lowest BCUT2D eigenvalue weighted by molar-refractivity contribution is -0.139. The van der Waals surface area contributed by atoms with Gasteiger partial charge in [0.1, 0.15) is 11.8 Å². The van der Waals surface area contributed by atoms with E-state index in [2.05, 4.69) is 4.74 Å². The average Bonchev–Trinajstić information content (AvgIpc) is 3.30. The zero-order chi connectivity index (χ0) is 30.7. The van der Waals surface area contributed by atoms with Crippen LogP contribution in [0.2, 0.25) is 0 Å². The van der Waals surface area contributed by atoms with E-state index in [1.807, 2.05) is 43.3 Å². The number of halogens is 2. The number of hydrogen-bond acceptors (Lipinski definition) is 8. The zero-order valence-electron chi connectivity index (χ0n) is 24.1. The molecule has 43 heavy (non-hydrogen) atoms. The number of carbonyl (C=O) groups is 1. The van der Waals surface area contributed by atoms with Crippen molar-refractivity contribution < 1.29 is 32.5 Å². The number of aromatic nitrogens is 1. The Balaban J connectivity index is 1.80. The number of esters is 1. The van der Waals surface area contributed by atoms with Crippen LogP contribution in [0, 0.1) is 0 Å². The molecular weight excluding hydrogens is 578 g/mol. The zero-order valence-corrected chi connectivity index (χ0v) is 24.9. The van der Waals surface area contributed by atoms with E-state index in [-0.39, 0.29) is 29.2 Å². The fraction of sp³-hybridized carbons (Fsp3) is 0.281. The second kappa shape index (κ2) is 12.8. The van der Waals surface area contributed by atoms with Crippen molar-refractivity contribution in [2.45, 2.75) is 39.3 Å². The Hall–Kier alpha value is -4.51. The van der Waals surface area contributed by atoms with E-state index < -0.39 is 18.6 Å². The van der Waals surface area contributed by atoms with Crippen molar-refractivity contribution in [1.29, 1.82) is 0 Å². The Morgan fingerprint density at radius 2 is 1.79 bits per heavy atom. The quantitative estimate of drug-likeness (QED) is 0.226. The maximum atomic E-state index is 14.2. The molecule has 224 valence electrons. The smallest absolute Gasteiger partial charge is 0.387 e. The van der Waals surface area contributed by atoms with Crippen LogP contribution in [0.5, 0.6) is 17.2 Å². The first-order valence-electron chi connectivity index (χ1n) is 13.7. The predicted molar refractivity (Wildman–Crippen MR) is 160 cm³/mol. The third-order valence-electron chi connectivity index (χ3n) is 7.02. The second-order valence-electron chi connectivity index (χ2n) is 9.60. The molecular formula is C32H30F2N2O6S. The van der Waals surface area contributed by atoms with Crippen LogP contribution in [0.3, 0.4) is 0 Å². The largest absolute Gasteiger partial charge is 0.496 e. The number of allylic oxidation sites excluding steroid dienone is 1. The molecule has 0 aliphatic carbocycles. The molecule has 5 rings (SSSR count). The summed E-state index contributed by atoms with van der Waals surface area (Å²) in [5, 5.41) is 1.73. The third kappa shape index (κ3) is 5.77. The number of methoxy groups -OCH3 is 2. The van der Waals surface area contributed by atoms with E-state index in [1.54, 1.807) is 26.2 Å². The lowest BCUT2D eigenvalue weighted by atomic mass is 9.90. The Bertz CT molecular complexity index is 1900. The Morgan fingerprint density at radius 1 is 1.05 bits per heavy atom. The van der Waals surface area contributed by atoms with E-state index in [0.29, 0.717) is 44.7 Å². The molecule has 1 atom stereocenters. The SMILES string of the molecule is CCCC1=C(C(=O)OCC)[C@H](c2c(OC)ccc3ccccc23)n2c(s/c(=C/c3ccc(OC(F)F)c(OC)c3)c2=O)=N1. The van der Waals surface area contributed by atoms with Crippen LogP contribution in [0.15, 0.2) is 75.7 Å². The molecule has 0 bridgehead atoms. The van der Waals surface area contributed by atoms with Gasteiger partial charge >= 0.3 is 12.6 Å². The molecule has 0 spiro atoms. The van der Waals surface area contributed by atoms with Crippen LogP contribution in [-0.4, -0.2) is 38.0 Å². The number of rotatable bonds is 10. The van der Waals surface area contributed by atoms with E-state index in [1.165, 1.54) is 35.1 Å². The summed E-state index contributed by atoms with van der Waals surface area (Å²) in [6, 6.07) is 15.0. The van der Waals surface area contributed by atoms with Crippen molar-refractivity contribution in [1.82, 2.24) is 4.57 Å². The van der Waals surface area contributed by atoms with Crippen molar-refractivity contribution in [2.75, 3.05) is 20.8 Å². The molecule has 4 aromatic rings. The Labute approximate surface area is 250 Å². The molecule has 0 fully saturated rings. The Morgan fingerprint density at radius 3 is 2.49 bits per heavy atom. The molecule has 0 saturated heterocycles. The lowest BCUT2D eigenvalue weighted by Gasteiger charge is -2.28. The highest BCUT2D eigenvalue weighted by atomic mass is 32.1. The van der Waals surface area contributed by atoms with Gasteiger partial charge in [-0.15, -0.1) is 0 Å². The van der Waals surface area contributed by atoms with Crippen LogP contribution in [-0.2, 0) is 9.53 Å². The number of carbonyl (C=O) groups excluding carboxylic acids is 1.